The predicted octanol–water partition coefficient (Wildman–Crippen LogP) is 0.914. The summed E-state index contributed by atoms with van der Waals surface area (Å²) in [6.07, 6.45) is 0.377. The number of hydrogen-bond donors (Lipinski definition) is 1. The summed E-state index contributed by atoms with van der Waals surface area (Å²) in [7, 11) is 0. The molecule has 0 aromatic carbocycles. The van der Waals surface area contributed by atoms with Gasteiger partial charge in [0.15, 0.2) is 0 Å². The summed E-state index contributed by atoms with van der Waals surface area (Å²) < 4.78 is 0. The second-order valence-electron chi connectivity index (χ2n) is 4.69. The summed E-state index contributed by atoms with van der Waals surface area (Å²) in [4.78, 5) is 13.5. The maximum Gasteiger partial charge on any atom is 0.138 e. The maximum atomic E-state index is 11.3. The lowest BCUT2D eigenvalue weighted by molar-refractivity contribution is -0.126. The van der Waals surface area contributed by atoms with Gasteiger partial charge in [0, 0.05) is 32.0 Å². The second-order valence-corrected chi connectivity index (χ2v) is 4.69. The number of aliphatic hydroxyl groups excluding tert-OH is 1. The third-order valence-electron chi connectivity index (χ3n) is 2.97. The van der Waals surface area contributed by atoms with E-state index in [1.165, 1.54) is 0 Å². The fourth-order valence-corrected chi connectivity index (χ4v) is 1.74. The van der Waals surface area contributed by atoms with Gasteiger partial charge in [0.1, 0.15) is 5.78 Å². The molecule has 82 valence electrons. The van der Waals surface area contributed by atoms with E-state index in [4.69, 9.17) is 0 Å². The number of hydrogen-bond acceptors (Lipinski definition) is 3. The average molecular weight is 199 g/mol. The summed E-state index contributed by atoms with van der Waals surface area (Å²) in [5.41, 5.74) is 0. The second kappa shape index (κ2) is 4.89. The van der Waals surface area contributed by atoms with E-state index >= 15 is 0 Å². The minimum Gasteiger partial charge on any atom is -0.392 e. The molecule has 0 bridgehead atoms. The number of aliphatic hydroxyl groups is 1. The van der Waals surface area contributed by atoms with Gasteiger partial charge in [-0.05, 0) is 5.92 Å². The third-order valence-corrected chi connectivity index (χ3v) is 2.97. The van der Waals surface area contributed by atoms with Crippen molar-refractivity contribution in [3.05, 3.63) is 0 Å². The Labute approximate surface area is 86.1 Å². The summed E-state index contributed by atoms with van der Waals surface area (Å²) in [5, 5.41) is 9.70. The molecule has 2 unspecified atom stereocenters. The van der Waals surface area contributed by atoms with Crippen LogP contribution in [0.2, 0.25) is 0 Å². The van der Waals surface area contributed by atoms with E-state index in [-0.39, 0.29) is 12.0 Å². The van der Waals surface area contributed by atoms with Gasteiger partial charge in [-0.2, -0.15) is 0 Å². The van der Waals surface area contributed by atoms with Gasteiger partial charge in [0.2, 0.25) is 0 Å². The number of ketones is 1. The molecule has 1 aliphatic heterocycles. The van der Waals surface area contributed by atoms with Crippen LogP contribution in [0.15, 0.2) is 0 Å². The SMILES string of the molecule is CC1CN(CC(O)C(C)C)CCC1=O. The van der Waals surface area contributed by atoms with Gasteiger partial charge in [-0.1, -0.05) is 20.8 Å². The van der Waals surface area contributed by atoms with E-state index in [2.05, 4.69) is 4.90 Å². The normalized spacial score (nSPS) is 26.9. The Balaban J connectivity index is 2.36. The van der Waals surface area contributed by atoms with Crippen LogP contribution in [0, 0.1) is 11.8 Å². The lowest BCUT2D eigenvalue weighted by Gasteiger charge is -2.32. The van der Waals surface area contributed by atoms with Crippen molar-refractivity contribution < 1.29 is 9.90 Å². The first-order chi connectivity index (χ1) is 6.50. The minimum absolute atomic E-state index is 0.142. The molecule has 0 aromatic heterocycles. The van der Waals surface area contributed by atoms with Crippen LogP contribution < -0.4 is 0 Å². The topological polar surface area (TPSA) is 40.5 Å². The van der Waals surface area contributed by atoms with Crippen LogP contribution in [0.5, 0.6) is 0 Å². The first-order valence-corrected chi connectivity index (χ1v) is 5.44. The fourth-order valence-electron chi connectivity index (χ4n) is 1.74. The van der Waals surface area contributed by atoms with Crippen molar-refractivity contribution in [1.82, 2.24) is 4.90 Å². The highest BCUT2D eigenvalue weighted by atomic mass is 16.3. The molecule has 14 heavy (non-hydrogen) atoms. The molecule has 1 aliphatic rings. The molecule has 1 saturated heterocycles. The van der Waals surface area contributed by atoms with Gasteiger partial charge in [0.25, 0.3) is 0 Å². The van der Waals surface area contributed by atoms with Crippen LogP contribution in [0.1, 0.15) is 27.2 Å². The van der Waals surface area contributed by atoms with Crippen molar-refractivity contribution in [2.45, 2.75) is 33.3 Å². The Kier molecular flexibility index (Phi) is 4.08. The molecule has 1 fully saturated rings. The zero-order chi connectivity index (χ0) is 10.7. The molecule has 1 rings (SSSR count). The zero-order valence-corrected chi connectivity index (χ0v) is 9.36. The van der Waals surface area contributed by atoms with E-state index in [1.807, 2.05) is 20.8 Å². The van der Waals surface area contributed by atoms with Gasteiger partial charge >= 0.3 is 0 Å². The predicted molar refractivity (Wildman–Crippen MR) is 56.1 cm³/mol. The van der Waals surface area contributed by atoms with Crippen molar-refractivity contribution in [2.75, 3.05) is 19.6 Å². The third kappa shape index (κ3) is 3.07. The summed E-state index contributed by atoms with van der Waals surface area (Å²) in [6.45, 7) is 8.33. The summed E-state index contributed by atoms with van der Waals surface area (Å²) in [6, 6.07) is 0. The number of β-amino-alcohol motifs (C(OH)–C–C–N with tert-alkyl or cyclic N) is 1. The lowest BCUT2D eigenvalue weighted by Crippen LogP contribution is -2.44. The number of rotatable bonds is 3. The molecule has 3 heteroatoms. The van der Waals surface area contributed by atoms with E-state index < -0.39 is 0 Å². The van der Waals surface area contributed by atoms with Crippen LogP contribution >= 0.6 is 0 Å². The molecule has 0 saturated carbocycles. The monoisotopic (exact) mass is 199 g/mol. The Hall–Kier alpha value is -0.410. The highest BCUT2D eigenvalue weighted by molar-refractivity contribution is 5.81. The molecule has 0 radical (unpaired) electrons. The maximum absolute atomic E-state index is 11.3. The van der Waals surface area contributed by atoms with E-state index in [0.717, 1.165) is 13.1 Å². The molecular formula is C11H21NO2. The Morgan fingerprint density at radius 1 is 1.57 bits per heavy atom. The number of carbonyl (C=O) groups excluding carboxylic acids is 1. The minimum atomic E-state index is -0.268. The number of nitrogens with zero attached hydrogens (tertiary/aromatic N) is 1. The molecule has 1 N–H and O–H groups in total. The Bertz CT molecular complexity index is 203. The van der Waals surface area contributed by atoms with Crippen molar-refractivity contribution in [1.29, 1.82) is 0 Å². The highest BCUT2D eigenvalue weighted by Crippen LogP contribution is 2.14. The van der Waals surface area contributed by atoms with E-state index in [1.54, 1.807) is 0 Å². The van der Waals surface area contributed by atoms with Crippen LogP contribution in [0.3, 0.4) is 0 Å². The molecule has 2 atom stereocenters. The Morgan fingerprint density at radius 2 is 2.21 bits per heavy atom. The molecule has 0 spiro atoms. The zero-order valence-electron chi connectivity index (χ0n) is 9.36. The standard InChI is InChI=1S/C11H21NO2/c1-8(2)11(14)7-12-5-4-10(13)9(3)6-12/h8-9,11,14H,4-7H2,1-3H3. The largest absolute Gasteiger partial charge is 0.392 e. The molecule has 0 aliphatic carbocycles. The van der Waals surface area contributed by atoms with Crippen LogP contribution in [0.4, 0.5) is 0 Å². The van der Waals surface area contributed by atoms with E-state index in [0.29, 0.717) is 24.7 Å². The van der Waals surface area contributed by atoms with Gasteiger partial charge in [0.05, 0.1) is 6.10 Å². The molecule has 1 heterocycles. The first-order valence-electron chi connectivity index (χ1n) is 5.44. The Morgan fingerprint density at radius 3 is 2.71 bits per heavy atom. The first kappa shape index (κ1) is 11.7. The quantitative estimate of drug-likeness (QED) is 0.734. The summed E-state index contributed by atoms with van der Waals surface area (Å²) >= 11 is 0. The summed E-state index contributed by atoms with van der Waals surface area (Å²) in [5.74, 6) is 0.798. The lowest BCUT2D eigenvalue weighted by atomic mass is 9.97. The van der Waals surface area contributed by atoms with Gasteiger partial charge in [-0.15, -0.1) is 0 Å². The number of likely N-dealkylation sites (tertiary alicyclic amines) is 1. The molecule has 0 amide bonds. The highest BCUT2D eigenvalue weighted by Gasteiger charge is 2.25. The van der Waals surface area contributed by atoms with Crippen molar-refractivity contribution in [3.8, 4) is 0 Å². The molecular weight excluding hydrogens is 178 g/mol. The van der Waals surface area contributed by atoms with Gasteiger partial charge in [-0.25, -0.2) is 0 Å². The smallest absolute Gasteiger partial charge is 0.138 e. The molecule has 0 aromatic rings. The van der Waals surface area contributed by atoms with Crippen molar-refractivity contribution >= 4 is 5.78 Å². The van der Waals surface area contributed by atoms with Gasteiger partial charge in [-0.3, -0.25) is 9.69 Å². The van der Waals surface area contributed by atoms with Crippen LogP contribution in [-0.4, -0.2) is 41.5 Å². The number of Topliss-reactive ketones (excluding diaryl/α,β-unsaturated/α-hetero) is 1. The van der Waals surface area contributed by atoms with Crippen LogP contribution in [-0.2, 0) is 4.79 Å². The molecule has 3 nitrogen and oxygen atoms in total. The van der Waals surface area contributed by atoms with Crippen LogP contribution in [0.25, 0.3) is 0 Å². The number of carbonyl (C=O) groups is 1. The van der Waals surface area contributed by atoms with Crippen molar-refractivity contribution in [3.63, 3.8) is 0 Å². The van der Waals surface area contributed by atoms with E-state index in [9.17, 15) is 9.90 Å². The number of piperidine rings is 1. The van der Waals surface area contributed by atoms with Crippen molar-refractivity contribution in [2.24, 2.45) is 11.8 Å². The average Bonchev–Trinajstić information content (AvgIpc) is 2.11. The van der Waals surface area contributed by atoms with Gasteiger partial charge < -0.3 is 5.11 Å². The fraction of sp³-hybridized carbons (Fsp3) is 0.909.